The van der Waals surface area contributed by atoms with Gasteiger partial charge >= 0.3 is 0 Å². The summed E-state index contributed by atoms with van der Waals surface area (Å²) in [6.45, 7) is 3.00. The van der Waals surface area contributed by atoms with Gasteiger partial charge in [-0.2, -0.15) is 0 Å². The maximum atomic E-state index is 5.75. The number of anilines is 1. The van der Waals surface area contributed by atoms with Gasteiger partial charge in [-0.15, -0.1) is 0 Å². The number of benzene rings is 1. The summed E-state index contributed by atoms with van der Waals surface area (Å²) in [4.78, 5) is 9.53. The highest BCUT2D eigenvalue weighted by atomic mass is 15.1. The van der Waals surface area contributed by atoms with Crippen LogP contribution in [0.15, 0.2) is 24.5 Å². The van der Waals surface area contributed by atoms with Gasteiger partial charge in [-0.1, -0.05) is 0 Å². The predicted molar refractivity (Wildman–Crippen MR) is 67.6 cm³/mol. The fourth-order valence-electron chi connectivity index (χ4n) is 1.69. The first-order valence-corrected chi connectivity index (χ1v) is 5.56. The Morgan fingerprint density at radius 2 is 2.31 bits per heavy atom. The topological polar surface area (TPSA) is 57.9 Å². The van der Waals surface area contributed by atoms with E-state index < -0.39 is 0 Å². The summed E-state index contributed by atoms with van der Waals surface area (Å²) >= 11 is 0. The van der Waals surface area contributed by atoms with Crippen LogP contribution in [0.2, 0.25) is 0 Å². The fourth-order valence-corrected chi connectivity index (χ4v) is 1.69. The van der Waals surface area contributed by atoms with E-state index in [2.05, 4.69) is 34.0 Å². The molecule has 1 unspecified atom stereocenters. The molecular weight excluding hydrogens is 200 g/mol. The van der Waals surface area contributed by atoms with Crippen molar-refractivity contribution >= 4 is 16.7 Å². The molecule has 0 aliphatic heterocycles. The third-order valence-corrected chi connectivity index (χ3v) is 2.76. The number of aromatic nitrogens is 2. The van der Waals surface area contributed by atoms with Crippen LogP contribution in [-0.2, 0) is 0 Å². The van der Waals surface area contributed by atoms with Crippen LogP contribution in [0.5, 0.6) is 0 Å². The highest BCUT2D eigenvalue weighted by Crippen LogP contribution is 2.18. The summed E-state index contributed by atoms with van der Waals surface area (Å²) in [6.07, 6.45) is 2.72. The Kier molecular flexibility index (Phi) is 3.10. The molecule has 0 aliphatic rings. The molecule has 0 saturated heterocycles. The van der Waals surface area contributed by atoms with Crippen molar-refractivity contribution in [2.75, 3.05) is 18.5 Å². The number of nitrogens with zero attached hydrogens (tertiary/aromatic N) is 2. The van der Waals surface area contributed by atoms with Gasteiger partial charge in [0.15, 0.2) is 0 Å². The van der Waals surface area contributed by atoms with Crippen LogP contribution in [0.4, 0.5) is 5.69 Å². The van der Waals surface area contributed by atoms with E-state index in [0.717, 1.165) is 24.0 Å². The average molecular weight is 218 g/mol. The molecule has 0 saturated carbocycles. The second-order valence-corrected chi connectivity index (χ2v) is 4.29. The highest BCUT2D eigenvalue weighted by molar-refractivity contribution is 5.78. The van der Waals surface area contributed by atoms with Gasteiger partial charge in [0.1, 0.15) is 0 Å². The highest BCUT2D eigenvalue weighted by Gasteiger charge is 2.04. The Bertz CT molecular complexity index is 461. The molecule has 0 aliphatic carbocycles. The molecule has 86 valence electrons. The zero-order valence-electron chi connectivity index (χ0n) is 9.77. The van der Waals surface area contributed by atoms with Gasteiger partial charge in [0.25, 0.3) is 0 Å². The van der Waals surface area contributed by atoms with Gasteiger partial charge in [-0.25, -0.2) is 4.98 Å². The molecular formula is C12H18N4. The average Bonchev–Trinajstić information content (AvgIpc) is 2.72. The summed E-state index contributed by atoms with van der Waals surface area (Å²) in [5, 5.41) is 0. The molecule has 0 amide bonds. The van der Waals surface area contributed by atoms with E-state index in [1.165, 1.54) is 5.69 Å². The first kappa shape index (κ1) is 11.0. The minimum Gasteiger partial charge on any atom is -0.374 e. The first-order chi connectivity index (χ1) is 7.66. The summed E-state index contributed by atoms with van der Waals surface area (Å²) in [5.41, 5.74) is 9.02. The van der Waals surface area contributed by atoms with Crippen LogP contribution in [0, 0.1) is 0 Å². The number of H-pyrrole nitrogens is 1. The van der Waals surface area contributed by atoms with Crippen LogP contribution < -0.4 is 10.6 Å². The number of nitrogens with two attached hydrogens (primary N) is 1. The Labute approximate surface area is 95.5 Å². The number of nitrogens with one attached hydrogen (secondary N) is 1. The molecule has 0 fully saturated rings. The van der Waals surface area contributed by atoms with Gasteiger partial charge in [0, 0.05) is 25.3 Å². The number of rotatable bonds is 4. The molecule has 16 heavy (non-hydrogen) atoms. The van der Waals surface area contributed by atoms with Crippen LogP contribution in [-0.4, -0.2) is 29.6 Å². The van der Waals surface area contributed by atoms with Gasteiger partial charge in [-0.3, -0.25) is 0 Å². The third-order valence-electron chi connectivity index (χ3n) is 2.76. The van der Waals surface area contributed by atoms with E-state index in [0.29, 0.717) is 0 Å². The van der Waals surface area contributed by atoms with Crippen molar-refractivity contribution in [3.05, 3.63) is 24.5 Å². The molecule has 1 heterocycles. The lowest BCUT2D eigenvalue weighted by molar-refractivity contribution is 0.659. The van der Waals surface area contributed by atoms with Crippen LogP contribution in [0.3, 0.4) is 0 Å². The standard InChI is InChI=1S/C12H18N4/c1-9(13)5-6-16(2)10-3-4-11-12(7-10)15-8-14-11/h3-4,7-9H,5-6,13H2,1-2H3,(H,14,15). The van der Waals surface area contributed by atoms with E-state index >= 15 is 0 Å². The quantitative estimate of drug-likeness (QED) is 0.821. The SMILES string of the molecule is CC(N)CCN(C)c1ccc2nc[nH]c2c1. The summed E-state index contributed by atoms with van der Waals surface area (Å²) in [7, 11) is 2.08. The molecule has 0 spiro atoms. The van der Waals surface area contributed by atoms with Crippen molar-refractivity contribution in [3.8, 4) is 0 Å². The lowest BCUT2D eigenvalue weighted by Gasteiger charge is -2.20. The van der Waals surface area contributed by atoms with Gasteiger partial charge in [-0.05, 0) is 31.5 Å². The van der Waals surface area contributed by atoms with E-state index in [1.807, 2.05) is 13.0 Å². The van der Waals surface area contributed by atoms with E-state index in [9.17, 15) is 0 Å². The summed E-state index contributed by atoms with van der Waals surface area (Å²) in [6, 6.07) is 6.48. The minimum absolute atomic E-state index is 0.248. The monoisotopic (exact) mass is 218 g/mol. The Morgan fingerprint density at radius 3 is 3.06 bits per heavy atom. The largest absolute Gasteiger partial charge is 0.374 e. The lowest BCUT2D eigenvalue weighted by atomic mass is 10.2. The van der Waals surface area contributed by atoms with Crippen molar-refractivity contribution in [1.29, 1.82) is 0 Å². The van der Waals surface area contributed by atoms with Crippen LogP contribution >= 0.6 is 0 Å². The fraction of sp³-hybridized carbons (Fsp3) is 0.417. The summed E-state index contributed by atoms with van der Waals surface area (Å²) < 4.78 is 0. The van der Waals surface area contributed by atoms with E-state index in [4.69, 9.17) is 5.73 Å². The molecule has 0 radical (unpaired) electrons. The number of hydrogen-bond donors (Lipinski definition) is 2. The Morgan fingerprint density at radius 1 is 1.50 bits per heavy atom. The molecule has 2 rings (SSSR count). The number of aromatic amines is 1. The first-order valence-electron chi connectivity index (χ1n) is 5.56. The molecule has 2 aromatic rings. The maximum Gasteiger partial charge on any atom is 0.0931 e. The van der Waals surface area contributed by atoms with E-state index in [1.54, 1.807) is 6.33 Å². The Hall–Kier alpha value is -1.55. The summed E-state index contributed by atoms with van der Waals surface area (Å²) in [5.74, 6) is 0. The smallest absolute Gasteiger partial charge is 0.0931 e. The van der Waals surface area contributed by atoms with E-state index in [-0.39, 0.29) is 6.04 Å². The van der Waals surface area contributed by atoms with Crippen molar-refractivity contribution in [3.63, 3.8) is 0 Å². The predicted octanol–water partition coefficient (Wildman–Crippen LogP) is 1.74. The van der Waals surface area contributed by atoms with Crippen molar-refractivity contribution in [2.24, 2.45) is 5.73 Å². The number of fused-ring (bicyclic) bond motifs is 1. The van der Waals surface area contributed by atoms with Gasteiger partial charge < -0.3 is 15.6 Å². The Balaban J connectivity index is 2.12. The van der Waals surface area contributed by atoms with Gasteiger partial charge in [0.05, 0.1) is 17.4 Å². The molecule has 0 bridgehead atoms. The van der Waals surface area contributed by atoms with Crippen molar-refractivity contribution in [1.82, 2.24) is 9.97 Å². The van der Waals surface area contributed by atoms with Crippen molar-refractivity contribution in [2.45, 2.75) is 19.4 Å². The second-order valence-electron chi connectivity index (χ2n) is 4.29. The minimum atomic E-state index is 0.248. The maximum absolute atomic E-state index is 5.75. The second kappa shape index (κ2) is 4.53. The lowest BCUT2D eigenvalue weighted by Crippen LogP contribution is -2.25. The molecule has 4 heteroatoms. The van der Waals surface area contributed by atoms with Crippen LogP contribution in [0.1, 0.15) is 13.3 Å². The molecule has 1 aromatic heterocycles. The zero-order valence-corrected chi connectivity index (χ0v) is 9.77. The molecule has 1 atom stereocenters. The number of hydrogen-bond acceptors (Lipinski definition) is 3. The third kappa shape index (κ3) is 2.33. The van der Waals surface area contributed by atoms with Crippen LogP contribution in [0.25, 0.3) is 11.0 Å². The molecule has 3 N–H and O–H groups in total. The molecule has 1 aromatic carbocycles. The van der Waals surface area contributed by atoms with Crippen molar-refractivity contribution < 1.29 is 0 Å². The van der Waals surface area contributed by atoms with Gasteiger partial charge in [0.2, 0.25) is 0 Å². The number of imidazole rings is 1. The zero-order chi connectivity index (χ0) is 11.5. The molecule has 4 nitrogen and oxygen atoms in total. The normalized spacial score (nSPS) is 12.9.